The molecule has 1 amide bonds. The third-order valence-electron chi connectivity index (χ3n) is 3.37. The highest BCUT2D eigenvalue weighted by molar-refractivity contribution is 9.11. The van der Waals surface area contributed by atoms with E-state index in [0.29, 0.717) is 5.75 Å². The van der Waals surface area contributed by atoms with Gasteiger partial charge in [0.15, 0.2) is 6.61 Å². The van der Waals surface area contributed by atoms with E-state index in [1.165, 1.54) is 5.56 Å². The van der Waals surface area contributed by atoms with Crippen molar-refractivity contribution >= 4 is 37.8 Å². The summed E-state index contributed by atoms with van der Waals surface area (Å²) in [5, 5.41) is 2.96. The monoisotopic (exact) mass is 439 g/mol. The van der Waals surface area contributed by atoms with Gasteiger partial charge in [-0.15, -0.1) is 0 Å². The summed E-state index contributed by atoms with van der Waals surface area (Å²) >= 11 is 6.79. The van der Waals surface area contributed by atoms with Crippen molar-refractivity contribution in [3.8, 4) is 5.75 Å². The van der Waals surface area contributed by atoms with E-state index in [1.54, 1.807) is 0 Å². The molecule has 0 aliphatic heterocycles. The molecule has 23 heavy (non-hydrogen) atoms. The number of carbonyl (C=O) groups is 1. The average molecular weight is 441 g/mol. The van der Waals surface area contributed by atoms with Crippen LogP contribution < -0.4 is 10.1 Å². The fourth-order valence-electron chi connectivity index (χ4n) is 2.15. The average Bonchev–Trinajstić information content (AvgIpc) is 2.53. The van der Waals surface area contributed by atoms with Crippen LogP contribution in [-0.2, 0) is 11.2 Å². The molecule has 0 spiro atoms. The molecule has 0 heterocycles. The number of halogens is 2. The van der Waals surface area contributed by atoms with Gasteiger partial charge in [0.1, 0.15) is 5.75 Å². The Hall–Kier alpha value is -1.33. The zero-order valence-corrected chi connectivity index (χ0v) is 16.1. The van der Waals surface area contributed by atoms with Crippen LogP contribution in [0.15, 0.2) is 57.5 Å². The number of hydrogen-bond donors (Lipinski definition) is 1. The van der Waals surface area contributed by atoms with E-state index in [0.717, 1.165) is 21.8 Å². The molecule has 122 valence electrons. The molecule has 0 aliphatic carbocycles. The summed E-state index contributed by atoms with van der Waals surface area (Å²) in [5.74, 6) is 0.542. The lowest BCUT2D eigenvalue weighted by atomic mass is 10.1. The first-order valence-electron chi connectivity index (χ1n) is 7.45. The highest BCUT2D eigenvalue weighted by Crippen LogP contribution is 2.28. The summed E-state index contributed by atoms with van der Waals surface area (Å²) in [6, 6.07) is 16.0. The van der Waals surface area contributed by atoms with E-state index < -0.39 is 0 Å². The molecule has 0 unspecified atom stereocenters. The molecule has 2 rings (SSSR count). The quantitative estimate of drug-likeness (QED) is 0.675. The Balaban J connectivity index is 1.73. The molecule has 0 bridgehead atoms. The Labute approximate surface area is 153 Å². The number of hydrogen-bond acceptors (Lipinski definition) is 2. The molecule has 0 saturated carbocycles. The molecule has 5 heteroatoms. The van der Waals surface area contributed by atoms with Gasteiger partial charge in [-0.05, 0) is 59.5 Å². The molecule has 1 atom stereocenters. The van der Waals surface area contributed by atoms with Crippen LogP contribution in [0.4, 0.5) is 0 Å². The lowest BCUT2D eigenvalue weighted by Crippen LogP contribution is -2.36. The first kappa shape index (κ1) is 18.0. The molecular weight excluding hydrogens is 422 g/mol. The second kappa shape index (κ2) is 9.08. The summed E-state index contributed by atoms with van der Waals surface area (Å²) in [7, 11) is 0. The van der Waals surface area contributed by atoms with Crippen LogP contribution in [0.2, 0.25) is 0 Å². The van der Waals surface area contributed by atoms with Crippen molar-refractivity contribution in [2.24, 2.45) is 0 Å². The zero-order valence-electron chi connectivity index (χ0n) is 12.9. The molecule has 3 nitrogen and oxygen atoms in total. The van der Waals surface area contributed by atoms with E-state index in [-0.39, 0.29) is 18.6 Å². The number of amides is 1. The van der Waals surface area contributed by atoms with E-state index in [2.05, 4.69) is 49.3 Å². The van der Waals surface area contributed by atoms with Crippen LogP contribution in [-0.4, -0.2) is 18.6 Å². The van der Waals surface area contributed by atoms with Gasteiger partial charge >= 0.3 is 0 Å². The van der Waals surface area contributed by atoms with Crippen LogP contribution in [0.1, 0.15) is 18.9 Å². The summed E-state index contributed by atoms with van der Waals surface area (Å²) < 4.78 is 7.31. The van der Waals surface area contributed by atoms with Gasteiger partial charge < -0.3 is 10.1 Å². The van der Waals surface area contributed by atoms with Crippen molar-refractivity contribution in [1.29, 1.82) is 0 Å². The molecule has 1 N–H and O–H groups in total. The first-order valence-corrected chi connectivity index (χ1v) is 9.04. The lowest BCUT2D eigenvalue weighted by molar-refractivity contribution is -0.123. The van der Waals surface area contributed by atoms with Gasteiger partial charge in [-0.25, -0.2) is 0 Å². The predicted molar refractivity (Wildman–Crippen MR) is 99.7 cm³/mol. The van der Waals surface area contributed by atoms with Gasteiger partial charge in [-0.3, -0.25) is 4.79 Å². The van der Waals surface area contributed by atoms with Crippen molar-refractivity contribution in [2.75, 3.05) is 6.61 Å². The highest BCUT2D eigenvalue weighted by Gasteiger charge is 2.09. The third-order valence-corrected chi connectivity index (χ3v) is 4.48. The van der Waals surface area contributed by atoms with Crippen LogP contribution in [0.3, 0.4) is 0 Å². The molecule has 0 saturated heterocycles. The minimum atomic E-state index is -0.111. The van der Waals surface area contributed by atoms with Gasteiger partial charge in [0.05, 0.1) is 4.47 Å². The predicted octanol–water partition coefficient (Wildman–Crippen LogP) is 4.73. The van der Waals surface area contributed by atoms with E-state index in [4.69, 9.17) is 4.74 Å². The topological polar surface area (TPSA) is 38.3 Å². The molecule has 0 aliphatic rings. The van der Waals surface area contributed by atoms with Crippen LogP contribution in [0, 0.1) is 0 Å². The van der Waals surface area contributed by atoms with Crippen LogP contribution in [0.5, 0.6) is 5.75 Å². The zero-order chi connectivity index (χ0) is 16.7. The number of rotatable bonds is 7. The summed E-state index contributed by atoms with van der Waals surface area (Å²) in [6.07, 6.45) is 1.85. The number of benzene rings is 2. The fraction of sp³-hybridized carbons (Fsp3) is 0.278. The Morgan fingerprint density at radius 3 is 2.61 bits per heavy atom. The van der Waals surface area contributed by atoms with Crippen molar-refractivity contribution in [3.05, 3.63) is 63.0 Å². The largest absolute Gasteiger partial charge is 0.483 e. The Bertz CT molecular complexity index is 647. The number of aryl methyl sites for hydroxylation is 1. The molecule has 0 radical (unpaired) electrons. The number of carbonyl (C=O) groups excluding carboxylic acids is 1. The SMILES string of the molecule is C[C@H](CCc1ccccc1)NC(=O)COc1ccc(Br)cc1Br. The van der Waals surface area contributed by atoms with Crippen molar-refractivity contribution in [2.45, 2.75) is 25.8 Å². The van der Waals surface area contributed by atoms with Gasteiger partial charge in [-0.2, -0.15) is 0 Å². The third kappa shape index (κ3) is 6.36. The van der Waals surface area contributed by atoms with Crippen molar-refractivity contribution in [1.82, 2.24) is 5.32 Å². The van der Waals surface area contributed by atoms with E-state index in [1.807, 2.05) is 43.3 Å². The van der Waals surface area contributed by atoms with Gasteiger partial charge in [0.25, 0.3) is 5.91 Å². The van der Waals surface area contributed by atoms with E-state index >= 15 is 0 Å². The Kier molecular flexibility index (Phi) is 7.12. The molecule has 2 aromatic rings. The fourth-order valence-corrected chi connectivity index (χ4v) is 3.31. The Morgan fingerprint density at radius 2 is 1.91 bits per heavy atom. The standard InChI is InChI=1S/C18H19Br2NO2/c1-13(7-8-14-5-3-2-4-6-14)21-18(22)12-23-17-10-9-15(19)11-16(17)20/h2-6,9-11,13H,7-8,12H2,1H3,(H,21,22)/t13-/m1/s1. The minimum absolute atomic E-state index is 0.00983. The lowest BCUT2D eigenvalue weighted by Gasteiger charge is -2.15. The molecule has 2 aromatic carbocycles. The Morgan fingerprint density at radius 1 is 1.17 bits per heavy atom. The smallest absolute Gasteiger partial charge is 0.258 e. The number of ether oxygens (including phenoxy) is 1. The minimum Gasteiger partial charge on any atom is -0.483 e. The van der Waals surface area contributed by atoms with Crippen LogP contribution >= 0.6 is 31.9 Å². The molecule has 0 fully saturated rings. The first-order chi connectivity index (χ1) is 11.0. The maximum absolute atomic E-state index is 12.0. The molecular formula is C18H19Br2NO2. The summed E-state index contributed by atoms with van der Waals surface area (Å²) in [4.78, 5) is 12.0. The molecule has 0 aromatic heterocycles. The summed E-state index contributed by atoms with van der Waals surface area (Å²) in [6.45, 7) is 2.02. The van der Waals surface area contributed by atoms with Gasteiger partial charge in [0, 0.05) is 10.5 Å². The normalized spacial score (nSPS) is 11.8. The summed E-state index contributed by atoms with van der Waals surface area (Å²) in [5.41, 5.74) is 1.28. The van der Waals surface area contributed by atoms with Gasteiger partial charge in [0.2, 0.25) is 0 Å². The second-order valence-corrected chi connectivity index (χ2v) is 7.13. The maximum Gasteiger partial charge on any atom is 0.258 e. The van der Waals surface area contributed by atoms with Crippen molar-refractivity contribution in [3.63, 3.8) is 0 Å². The second-order valence-electron chi connectivity index (χ2n) is 5.36. The highest BCUT2D eigenvalue weighted by atomic mass is 79.9. The number of nitrogens with one attached hydrogen (secondary N) is 1. The van der Waals surface area contributed by atoms with E-state index in [9.17, 15) is 4.79 Å². The van der Waals surface area contributed by atoms with Crippen molar-refractivity contribution < 1.29 is 9.53 Å². The van der Waals surface area contributed by atoms with Crippen LogP contribution in [0.25, 0.3) is 0 Å². The van der Waals surface area contributed by atoms with Gasteiger partial charge in [-0.1, -0.05) is 46.3 Å². The maximum atomic E-state index is 12.0.